The average molecular weight is 376 g/mol. The van der Waals surface area contributed by atoms with Crippen LogP contribution in [-0.2, 0) is 19.9 Å². The van der Waals surface area contributed by atoms with Crippen molar-refractivity contribution in [2.75, 3.05) is 45.0 Å². The van der Waals surface area contributed by atoms with Crippen LogP contribution >= 0.6 is 0 Å². The van der Waals surface area contributed by atoms with E-state index in [2.05, 4.69) is 14.9 Å². The van der Waals surface area contributed by atoms with Crippen LogP contribution in [0.2, 0.25) is 0 Å². The molecule has 0 aliphatic carbocycles. The lowest BCUT2D eigenvalue weighted by molar-refractivity contribution is 0.239. The Morgan fingerprint density at radius 3 is 2.46 bits per heavy atom. The van der Waals surface area contributed by atoms with Crippen molar-refractivity contribution in [1.82, 2.24) is 14.9 Å². The van der Waals surface area contributed by atoms with Crippen LogP contribution in [-0.4, -0.2) is 66.8 Å². The van der Waals surface area contributed by atoms with E-state index in [1.807, 2.05) is 0 Å². The summed E-state index contributed by atoms with van der Waals surface area (Å²) < 4.78 is 51.0. The molecule has 7 nitrogen and oxygen atoms in total. The highest BCUT2D eigenvalue weighted by Gasteiger charge is 2.18. The van der Waals surface area contributed by atoms with Gasteiger partial charge in [-0.3, -0.25) is 0 Å². The number of hydrogen-bond acceptors (Lipinski definition) is 6. The van der Waals surface area contributed by atoms with Crippen molar-refractivity contribution < 1.29 is 16.8 Å². The molecule has 24 heavy (non-hydrogen) atoms. The molecule has 1 aromatic carbocycles. The molecule has 136 valence electrons. The first-order valence-corrected chi connectivity index (χ1v) is 11.2. The van der Waals surface area contributed by atoms with Crippen LogP contribution in [0.25, 0.3) is 0 Å². The predicted molar refractivity (Wildman–Crippen MR) is 93.3 cm³/mol. The van der Waals surface area contributed by atoms with Crippen molar-refractivity contribution in [3.05, 3.63) is 24.3 Å². The van der Waals surface area contributed by atoms with Gasteiger partial charge in [0, 0.05) is 32.7 Å². The fourth-order valence-corrected chi connectivity index (χ4v) is 4.65. The van der Waals surface area contributed by atoms with Crippen molar-refractivity contribution in [1.29, 1.82) is 0 Å². The molecule has 0 spiro atoms. The lowest BCUT2D eigenvalue weighted by atomic mass is 10.3. The molecule has 0 aromatic heterocycles. The van der Waals surface area contributed by atoms with Crippen LogP contribution in [0.1, 0.15) is 13.3 Å². The lowest BCUT2D eigenvalue weighted by Crippen LogP contribution is -2.44. The van der Waals surface area contributed by atoms with E-state index in [1.54, 1.807) is 0 Å². The maximum Gasteiger partial charge on any atom is 0.240 e. The summed E-state index contributed by atoms with van der Waals surface area (Å²) in [5, 5.41) is 3.27. The third kappa shape index (κ3) is 5.25. The Labute approximate surface area is 144 Å². The van der Waals surface area contributed by atoms with Gasteiger partial charge >= 0.3 is 0 Å². The van der Waals surface area contributed by atoms with E-state index in [1.165, 1.54) is 31.2 Å². The van der Waals surface area contributed by atoms with Gasteiger partial charge < -0.3 is 10.2 Å². The summed E-state index contributed by atoms with van der Waals surface area (Å²) in [4.78, 5) is 2.31. The van der Waals surface area contributed by atoms with Crippen LogP contribution in [0, 0.1) is 0 Å². The maximum atomic E-state index is 12.3. The van der Waals surface area contributed by atoms with Crippen molar-refractivity contribution in [2.24, 2.45) is 0 Å². The highest BCUT2D eigenvalue weighted by Crippen LogP contribution is 2.16. The second-order valence-corrected chi connectivity index (χ2v) is 9.77. The van der Waals surface area contributed by atoms with E-state index >= 15 is 0 Å². The second kappa shape index (κ2) is 8.39. The molecule has 9 heteroatoms. The minimum absolute atomic E-state index is 0.0146. The molecule has 1 aliphatic rings. The van der Waals surface area contributed by atoms with Gasteiger partial charge in [0.2, 0.25) is 10.0 Å². The number of hydrogen-bond donors (Lipinski definition) is 2. The Hall–Kier alpha value is -1.00. The zero-order valence-electron chi connectivity index (χ0n) is 13.9. The summed E-state index contributed by atoms with van der Waals surface area (Å²) in [5.41, 5.74) is 0. The standard InChI is InChI=1S/C15H25N3O4S2/c1-2-23(19,20)14-5-3-6-15(13-14)24(21,22)17-7-4-10-18-11-8-16-9-12-18/h3,5-6,13,16-17H,2,4,7-12H2,1H3. The van der Waals surface area contributed by atoms with Crippen molar-refractivity contribution >= 4 is 19.9 Å². The topological polar surface area (TPSA) is 95.6 Å². The number of piperazine rings is 1. The molecule has 2 N–H and O–H groups in total. The first-order chi connectivity index (χ1) is 11.3. The highest BCUT2D eigenvalue weighted by atomic mass is 32.2. The zero-order valence-corrected chi connectivity index (χ0v) is 15.5. The SMILES string of the molecule is CCS(=O)(=O)c1cccc(S(=O)(=O)NCCCN2CCNCC2)c1. The van der Waals surface area contributed by atoms with E-state index in [-0.39, 0.29) is 15.5 Å². The van der Waals surface area contributed by atoms with Crippen LogP contribution < -0.4 is 10.0 Å². The fraction of sp³-hybridized carbons (Fsp3) is 0.600. The summed E-state index contributed by atoms with van der Waals surface area (Å²) in [6.45, 7) is 6.58. The fourth-order valence-electron chi connectivity index (χ4n) is 2.53. The van der Waals surface area contributed by atoms with E-state index in [4.69, 9.17) is 0 Å². The molecule has 0 bridgehead atoms. The number of sulfonamides is 1. The molecular formula is C15H25N3O4S2. The van der Waals surface area contributed by atoms with Gasteiger partial charge in [-0.25, -0.2) is 21.6 Å². The lowest BCUT2D eigenvalue weighted by Gasteiger charge is -2.27. The van der Waals surface area contributed by atoms with E-state index in [0.29, 0.717) is 13.0 Å². The minimum atomic E-state index is -3.70. The third-order valence-electron chi connectivity index (χ3n) is 4.01. The molecule has 2 rings (SSSR count). The smallest absolute Gasteiger partial charge is 0.240 e. The Balaban J connectivity index is 1.94. The van der Waals surface area contributed by atoms with Crippen molar-refractivity contribution in [3.8, 4) is 0 Å². The number of benzene rings is 1. The van der Waals surface area contributed by atoms with Crippen LogP contribution in [0.5, 0.6) is 0 Å². The molecule has 1 aliphatic heterocycles. The second-order valence-electron chi connectivity index (χ2n) is 5.72. The molecule has 1 saturated heterocycles. The molecule has 0 radical (unpaired) electrons. The van der Waals surface area contributed by atoms with Crippen LogP contribution in [0.15, 0.2) is 34.1 Å². The summed E-state index contributed by atoms with van der Waals surface area (Å²) in [6, 6.07) is 5.50. The molecule has 0 saturated carbocycles. The van der Waals surface area contributed by atoms with Gasteiger partial charge in [-0.2, -0.15) is 0 Å². The first-order valence-electron chi connectivity index (χ1n) is 8.11. The minimum Gasteiger partial charge on any atom is -0.314 e. The molecular weight excluding hydrogens is 350 g/mol. The Morgan fingerprint density at radius 1 is 1.12 bits per heavy atom. The normalized spacial score (nSPS) is 17.0. The van der Waals surface area contributed by atoms with E-state index in [0.717, 1.165) is 32.7 Å². The first kappa shape index (κ1) is 19.3. The van der Waals surface area contributed by atoms with Crippen molar-refractivity contribution in [3.63, 3.8) is 0 Å². The summed E-state index contributed by atoms with van der Waals surface area (Å²) in [7, 11) is -7.13. The summed E-state index contributed by atoms with van der Waals surface area (Å²) in [5.74, 6) is -0.0609. The van der Waals surface area contributed by atoms with Gasteiger partial charge in [-0.05, 0) is 31.2 Å². The third-order valence-corrected chi connectivity index (χ3v) is 7.20. The monoisotopic (exact) mass is 375 g/mol. The summed E-state index contributed by atoms with van der Waals surface area (Å²) >= 11 is 0. The van der Waals surface area contributed by atoms with E-state index < -0.39 is 19.9 Å². The molecule has 1 heterocycles. The molecule has 0 unspecified atom stereocenters. The molecule has 0 amide bonds. The predicted octanol–water partition coefficient (Wildman–Crippen LogP) is 0.0538. The Morgan fingerprint density at radius 2 is 1.79 bits per heavy atom. The molecule has 1 aromatic rings. The van der Waals surface area contributed by atoms with Gasteiger partial charge in [0.1, 0.15) is 0 Å². The number of nitrogens with one attached hydrogen (secondary N) is 2. The Kier molecular flexibility index (Phi) is 6.76. The number of rotatable bonds is 8. The van der Waals surface area contributed by atoms with Gasteiger partial charge in [0.05, 0.1) is 15.5 Å². The van der Waals surface area contributed by atoms with Gasteiger partial charge in [-0.15, -0.1) is 0 Å². The highest BCUT2D eigenvalue weighted by molar-refractivity contribution is 7.91. The summed E-state index contributed by atoms with van der Waals surface area (Å²) in [6.07, 6.45) is 0.714. The van der Waals surface area contributed by atoms with Crippen LogP contribution in [0.3, 0.4) is 0 Å². The van der Waals surface area contributed by atoms with Gasteiger partial charge in [-0.1, -0.05) is 13.0 Å². The largest absolute Gasteiger partial charge is 0.314 e. The maximum absolute atomic E-state index is 12.3. The average Bonchev–Trinajstić information content (AvgIpc) is 2.60. The van der Waals surface area contributed by atoms with Gasteiger partial charge in [0.15, 0.2) is 9.84 Å². The van der Waals surface area contributed by atoms with Crippen LogP contribution in [0.4, 0.5) is 0 Å². The zero-order chi connectivity index (χ0) is 17.6. The van der Waals surface area contributed by atoms with Gasteiger partial charge in [0.25, 0.3) is 0 Å². The molecule has 0 atom stereocenters. The number of sulfone groups is 1. The molecule has 1 fully saturated rings. The Bertz CT molecular complexity index is 742. The quantitative estimate of drug-likeness (QED) is 0.624. The van der Waals surface area contributed by atoms with Crippen molar-refractivity contribution in [2.45, 2.75) is 23.1 Å². The van der Waals surface area contributed by atoms with E-state index in [9.17, 15) is 16.8 Å². The number of nitrogens with zero attached hydrogens (tertiary/aromatic N) is 1.